The summed E-state index contributed by atoms with van der Waals surface area (Å²) in [6.07, 6.45) is 3.36. The summed E-state index contributed by atoms with van der Waals surface area (Å²) in [4.78, 5) is 0. The van der Waals surface area contributed by atoms with E-state index in [4.69, 9.17) is 0 Å². The molecule has 0 nitrogen and oxygen atoms in total. The zero-order chi connectivity index (χ0) is 12.0. The maximum Gasteiger partial charge on any atom is 0.123 e. The van der Waals surface area contributed by atoms with E-state index in [-0.39, 0.29) is 5.82 Å². The Balaban J connectivity index is 2.69. The molecule has 0 bridgehead atoms. The zero-order valence-electron chi connectivity index (χ0n) is 10.0. The second-order valence-corrected chi connectivity index (χ2v) is 4.97. The molecule has 0 aliphatic heterocycles. The Bertz CT molecular complexity index is 307. The lowest BCUT2D eigenvalue weighted by Crippen LogP contribution is -2.17. The fraction of sp³-hybridized carbons (Fsp3) is 0.571. The van der Waals surface area contributed by atoms with Gasteiger partial charge < -0.3 is 0 Å². The van der Waals surface area contributed by atoms with E-state index in [1.165, 1.54) is 18.9 Å². The molecule has 1 rings (SSSR count). The Morgan fingerprint density at radius 1 is 1.19 bits per heavy atom. The number of rotatable bonds is 6. The lowest BCUT2D eigenvalue weighted by atomic mass is 9.85. The van der Waals surface area contributed by atoms with Crippen molar-refractivity contribution < 1.29 is 4.39 Å². The summed E-state index contributed by atoms with van der Waals surface area (Å²) in [7, 11) is 0. The standard InChI is InChI=1S/C14H20BrF/c1-3-12(4-2)13(10-15)8-11-6-5-7-14(16)9-11/h5-7,9,12-13H,3-4,8,10H2,1-2H3. The monoisotopic (exact) mass is 286 g/mol. The summed E-state index contributed by atoms with van der Waals surface area (Å²) in [6, 6.07) is 6.96. The van der Waals surface area contributed by atoms with Crippen molar-refractivity contribution in [2.24, 2.45) is 11.8 Å². The number of halogens is 2. The third kappa shape index (κ3) is 3.89. The van der Waals surface area contributed by atoms with Crippen molar-refractivity contribution in [2.45, 2.75) is 33.1 Å². The van der Waals surface area contributed by atoms with Crippen molar-refractivity contribution in [3.63, 3.8) is 0 Å². The van der Waals surface area contributed by atoms with Crippen molar-refractivity contribution in [3.8, 4) is 0 Å². The highest BCUT2D eigenvalue weighted by Gasteiger charge is 2.17. The first kappa shape index (κ1) is 13.7. The molecule has 0 fully saturated rings. The molecule has 90 valence electrons. The molecular formula is C14H20BrF. The van der Waals surface area contributed by atoms with Crippen molar-refractivity contribution in [2.75, 3.05) is 5.33 Å². The lowest BCUT2D eigenvalue weighted by Gasteiger charge is -2.23. The first-order valence-electron chi connectivity index (χ1n) is 6.01. The van der Waals surface area contributed by atoms with Gasteiger partial charge in [0.2, 0.25) is 0 Å². The fourth-order valence-corrected chi connectivity index (χ4v) is 3.03. The predicted molar refractivity (Wildman–Crippen MR) is 71.5 cm³/mol. The number of hydrogen-bond donors (Lipinski definition) is 0. The van der Waals surface area contributed by atoms with Gasteiger partial charge in [0.05, 0.1) is 0 Å². The van der Waals surface area contributed by atoms with Gasteiger partial charge in [0.15, 0.2) is 0 Å². The molecule has 0 spiro atoms. The first-order valence-corrected chi connectivity index (χ1v) is 7.13. The molecule has 0 heterocycles. The van der Waals surface area contributed by atoms with Gasteiger partial charge in [-0.3, -0.25) is 0 Å². The van der Waals surface area contributed by atoms with Crippen LogP contribution >= 0.6 is 15.9 Å². The molecule has 16 heavy (non-hydrogen) atoms. The molecule has 0 N–H and O–H groups in total. The fourth-order valence-electron chi connectivity index (χ4n) is 2.27. The SMILES string of the molecule is CCC(CC)C(CBr)Cc1cccc(F)c1. The van der Waals surface area contributed by atoms with Crippen LogP contribution in [0.3, 0.4) is 0 Å². The van der Waals surface area contributed by atoms with Crippen LogP contribution in [-0.4, -0.2) is 5.33 Å². The summed E-state index contributed by atoms with van der Waals surface area (Å²) < 4.78 is 13.1. The maximum absolute atomic E-state index is 13.1. The van der Waals surface area contributed by atoms with E-state index < -0.39 is 0 Å². The van der Waals surface area contributed by atoms with Crippen LogP contribution in [0.25, 0.3) is 0 Å². The number of hydrogen-bond acceptors (Lipinski definition) is 0. The lowest BCUT2D eigenvalue weighted by molar-refractivity contribution is 0.342. The van der Waals surface area contributed by atoms with Gasteiger partial charge in [-0.05, 0) is 36.0 Å². The van der Waals surface area contributed by atoms with Gasteiger partial charge in [0, 0.05) is 5.33 Å². The molecule has 1 aromatic carbocycles. The van der Waals surface area contributed by atoms with Crippen LogP contribution in [0.2, 0.25) is 0 Å². The van der Waals surface area contributed by atoms with Gasteiger partial charge in [0.25, 0.3) is 0 Å². The van der Waals surface area contributed by atoms with Crippen LogP contribution in [0.5, 0.6) is 0 Å². The summed E-state index contributed by atoms with van der Waals surface area (Å²) in [5.41, 5.74) is 1.11. The minimum absolute atomic E-state index is 0.129. The Labute approximate surface area is 106 Å². The van der Waals surface area contributed by atoms with Crippen LogP contribution in [0.15, 0.2) is 24.3 Å². The Kier molecular flexibility index (Phi) is 6.04. The second-order valence-electron chi connectivity index (χ2n) is 4.33. The van der Waals surface area contributed by atoms with Gasteiger partial charge in [-0.1, -0.05) is 54.8 Å². The third-order valence-corrected chi connectivity index (χ3v) is 4.13. The molecular weight excluding hydrogens is 267 g/mol. The highest BCUT2D eigenvalue weighted by atomic mass is 79.9. The summed E-state index contributed by atoms with van der Waals surface area (Å²) in [5.74, 6) is 1.20. The topological polar surface area (TPSA) is 0 Å². The average Bonchev–Trinajstić information content (AvgIpc) is 2.29. The Hall–Kier alpha value is -0.370. The largest absolute Gasteiger partial charge is 0.207 e. The van der Waals surface area contributed by atoms with Crippen molar-refractivity contribution in [1.82, 2.24) is 0 Å². The van der Waals surface area contributed by atoms with E-state index in [1.807, 2.05) is 6.07 Å². The van der Waals surface area contributed by atoms with Gasteiger partial charge in [0.1, 0.15) is 5.82 Å². The van der Waals surface area contributed by atoms with Crippen LogP contribution in [-0.2, 0) is 6.42 Å². The first-order chi connectivity index (χ1) is 7.71. The third-order valence-electron chi connectivity index (χ3n) is 3.30. The van der Waals surface area contributed by atoms with Crippen molar-refractivity contribution >= 4 is 15.9 Å². The van der Waals surface area contributed by atoms with Crippen molar-refractivity contribution in [3.05, 3.63) is 35.6 Å². The van der Waals surface area contributed by atoms with Crippen LogP contribution in [0.1, 0.15) is 32.3 Å². The minimum Gasteiger partial charge on any atom is -0.207 e. The van der Waals surface area contributed by atoms with E-state index in [0.717, 1.165) is 23.2 Å². The molecule has 1 aromatic rings. The Morgan fingerprint density at radius 3 is 2.38 bits per heavy atom. The minimum atomic E-state index is -0.129. The molecule has 0 aromatic heterocycles. The van der Waals surface area contributed by atoms with E-state index in [1.54, 1.807) is 12.1 Å². The maximum atomic E-state index is 13.1. The zero-order valence-corrected chi connectivity index (χ0v) is 11.6. The molecule has 1 atom stereocenters. The highest BCUT2D eigenvalue weighted by molar-refractivity contribution is 9.09. The second kappa shape index (κ2) is 7.05. The van der Waals surface area contributed by atoms with E-state index >= 15 is 0 Å². The smallest absolute Gasteiger partial charge is 0.123 e. The van der Waals surface area contributed by atoms with E-state index in [2.05, 4.69) is 29.8 Å². The van der Waals surface area contributed by atoms with Crippen LogP contribution < -0.4 is 0 Å². The summed E-state index contributed by atoms with van der Waals surface area (Å²) in [6.45, 7) is 4.46. The predicted octanol–water partition coefficient (Wildman–Crippen LogP) is 4.82. The molecule has 0 radical (unpaired) electrons. The molecule has 2 heteroatoms. The summed E-state index contributed by atoms with van der Waals surface area (Å²) in [5, 5.41) is 0.996. The molecule has 0 aliphatic rings. The molecule has 0 saturated heterocycles. The average molecular weight is 287 g/mol. The van der Waals surface area contributed by atoms with Crippen molar-refractivity contribution in [1.29, 1.82) is 0 Å². The molecule has 0 saturated carbocycles. The molecule has 1 unspecified atom stereocenters. The summed E-state index contributed by atoms with van der Waals surface area (Å²) >= 11 is 3.58. The molecule has 0 amide bonds. The molecule has 0 aliphatic carbocycles. The quantitative estimate of drug-likeness (QED) is 0.658. The van der Waals surface area contributed by atoms with Gasteiger partial charge in [-0.15, -0.1) is 0 Å². The Morgan fingerprint density at radius 2 is 1.88 bits per heavy atom. The van der Waals surface area contributed by atoms with Gasteiger partial charge in [-0.25, -0.2) is 4.39 Å². The van der Waals surface area contributed by atoms with Crippen LogP contribution in [0.4, 0.5) is 4.39 Å². The number of benzene rings is 1. The van der Waals surface area contributed by atoms with E-state index in [0.29, 0.717) is 5.92 Å². The van der Waals surface area contributed by atoms with Crippen LogP contribution in [0, 0.1) is 17.7 Å². The number of alkyl halides is 1. The van der Waals surface area contributed by atoms with Gasteiger partial charge in [-0.2, -0.15) is 0 Å². The highest BCUT2D eigenvalue weighted by Crippen LogP contribution is 2.25. The van der Waals surface area contributed by atoms with Gasteiger partial charge >= 0.3 is 0 Å². The normalized spacial score (nSPS) is 13.1. The van der Waals surface area contributed by atoms with E-state index in [9.17, 15) is 4.39 Å².